The molecule has 0 radical (unpaired) electrons. The number of ether oxygens (including phenoxy) is 1. The number of rotatable bonds is 14. The fourth-order valence-electron chi connectivity index (χ4n) is 6.14. The van der Waals surface area contributed by atoms with Crippen molar-refractivity contribution in [3.05, 3.63) is 25.3 Å². The van der Waals surface area contributed by atoms with Crippen LogP contribution in [0.15, 0.2) is 25.3 Å². The summed E-state index contributed by atoms with van der Waals surface area (Å²) < 4.78 is 5.06. The topological polar surface area (TPSA) is 87.1 Å². The van der Waals surface area contributed by atoms with Gasteiger partial charge in [-0.2, -0.15) is 0 Å². The lowest BCUT2D eigenvalue weighted by molar-refractivity contribution is -0.154. The number of allylic oxidation sites excluding steroid dienone is 1. The molecule has 0 saturated carbocycles. The number of thioether (sulfide) groups is 1. The van der Waals surface area contributed by atoms with Gasteiger partial charge in [0.2, 0.25) is 11.8 Å². The molecule has 7 nitrogen and oxygen atoms in total. The molecule has 0 aromatic rings. The molecule has 202 valence electrons. The van der Waals surface area contributed by atoms with E-state index in [0.717, 1.165) is 38.5 Å². The molecule has 2 amide bonds. The number of nitrogens with zero attached hydrogens (tertiary/aromatic N) is 2. The maximum absolute atomic E-state index is 14.2. The van der Waals surface area contributed by atoms with Gasteiger partial charge in [0.1, 0.15) is 6.04 Å². The van der Waals surface area contributed by atoms with E-state index >= 15 is 0 Å². The SMILES string of the molecule is C=CCCCCOC(=O)[C@@H]1[C@H]2C(=O)N(CCCCCO)C(C(=O)N(CC=C)C(C)(C)C)C23CC[C@H]1S3. The van der Waals surface area contributed by atoms with Crippen molar-refractivity contribution in [2.24, 2.45) is 11.8 Å². The van der Waals surface area contributed by atoms with Gasteiger partial charge in [0, 0.05) is 30.5 Å². The van der Waals surface area contributed by atoms with Gasteiger partial charge in [-0.3, -0.25) is 14.4 Å². The molecule has 0 aliphatic carbocycles. The normalized spacial score (nSPS) is 28.8. The average molecular weight is 521 g/mol. The number of carbonyl (C=O) groups excluding carboxylic acids is 3. The lowest BCUT2D eigenvalue weighted by Gasteiger charge is -2.42. The summed E-state index contributed by atoms with van der Waals surface area (Å²) in [5.74, 6) is -1.48. The molecule has 3 saturated heterocycles. The molecule has 3 aliphatic rings. The summed E-state index contributed by atoms with van der Waals surface area (Å²) in [7, 11) is 0. The molecule has 3 heterocycles. The molecular formula is C28H44N2O5S. The lowest BCUT2D eigenvalue weighted by atomic mass is 9.71. The third-order valence-electron chi connectivity index (χ3n) is 7.80. The average Bonchev–Trinajstić information content (AvgIpc) is 3.46. The molecule has 2 bridgehead atoms. The molecule has 2 unspecified atom stereocenters. The van der Waals surface area contributed by atoms with E-state index in [1.54, 1.807) is 22.7 Å². The zero-order chi connectivity index (χ0) is 26.5. The number of fused-ring (bicyclic) bond motifs is 1. The fourth-order valence-corrected chi connectivity index (χ4v) is 8.34. The highest BCUT2D eigenvalue weighted by atomic mass is 32.2. The summed E-state index contributed by atoms with van der Waals surface area (Å²) >= 11 is 1.68. The molecule has 0 aromatic heterocycles. The Morgan fingerprint density at radius 2 is 1.94 bits per heavy atom. The summed E-state index contributed by atoms with van der Waals surface area (Å²) in [6.45, 7) is 14.9. The van der Waals surface area contributed by atoms with Crippen molar-refractivity contribution in [3.63, 3.8) is 0 Å². The van der Waals surface area contributed by atoms with Crippen LogP contribution in [0, 0.1) is 11.8 Å². The van der Waals surface area contributed by atoms with Gasteiger partial charge in [0.15, 0.2) is 0 Å². The minimum atomic E-state index is -0.608. The van der Waals surface area contributed by atoms with E-state index in [1.165, 1.54) is 0 Å². The number of amides is 2. The van der Waals surface area contributed by atoms with Crippen molar-refractivity contribution < 1.29 is 24.2 Å². The van der Waals surface area contributed by atoms with Gasteiger partial charge in [0.25, 0.3) is 0 Å². The van der Waals surface area contributed by atoms with Crippen LogP contribution in [0.3, 0.4) is 0 Å². The van der Waals surface area contributed by atoms with E-state index in [4.69, 9.17) is 4.74 Å². The van der Waals surface area contributed by atoms with E-state index in [9.17, 15) is 19.5 Å². The number of aliphatic hydroxyl groups excluding tert-OH is 1. The predicted octanol–water partition coefficient (Wildman–Crippen LogP) is 3.95. The number of unbranched alkanes of at least 4 members (excludes halogenated alkanes) is 4. The molecule has 3 fully saturated rings. The van der Waals surface area contributed by atoms with Crippen LogP contribution in [-0.4, -0.2) is 80.6 Å². The molecule has 5 atom stereocenters. The van der Waals surface area contributed by atoms with Gasteiger partial charge < -0.3 is 19.6 Å². The monoisotopic (exact) mass is 520 g/mol. The Morgan fingerprint density at radius 1 is 1.19 bits per heavy atom. The highest BCUT2D eigenvalue weighted by Crippen LogP contribution is 2.66. The standard InChI is InChI=1S/C28H44N2O5S/c1-6-8-9-13-19-35-26(34)21-20-14-15-28(36-20)22(21)24(32)29(17-11-10-12-18-31)23(28)25(33)30(16-7-2)27(3,4)5/h6-7,20-23,31H,1-2,8-19H2,3-5H3/t20-,21+,22+,23?,28?/m1/s1. The van der Waals surface area contributed by atoms with Crippen LogP contribution >= 0.6 is 11.8 Å². The van der Waals surface area contributed by atoms with Gasteiger partial charge in [0.05, 0.1) is 23.2 Å². The Labute approximate surface area is 220 Å². The third-order valence-corrected chi connectivity index (χ3v) is 9.75. The quantitative estimate of drug-likeness (QED) is 0.212. The Bertz CT molecular complexity index is 840. The minimum absolute atomic E-state index is 0.00829. The summed E-state index contributed by atoms with van der Waals surface area (Å²) in [5.41, 5.74) is -0.434. The lowest BCUT2D eigenvalue weighted by Crippen LogP contribution is -2.58. The predicted molar refractivity (Wildman–Crippen MR) is 143 cm³/mol. The number of hydrogen-bond acceptors (Lipinski definition) is 6. The second-order valence-corrected chi connectivity index (χ2v) is 12.8. The first-order chi connectivity index (χ1) is 17.1. The molecule has 1 spiro atoms. The summed E-state index contributed by atoms with van der Waals surface area (Å²) in [6.07, 6.45) is 9.86. The number of carbonyl (C=O) groups is 3. The van der Waals surface area contributed by atoms with E-state index in [1.807, 2.05) is 31.7 Å². The molecule has 36 heavy (non-hydrogen) atoms. The molecule has 3 aliphatic heterocycles. The van der Waals surface area contributed by atoms with Crippen molar-refractivity contribution >= 4 is 29.5 Å². The molecule has 0 aromatic carbocycles. The van der Waals surface area contributed by atoms with Gasteiger partial charge in [-0.1, -0.05) is 12.2 Å². The highest BCUT2D eigenvalue weighted by Gasteiger charge is 2.74. The van der Waals surface area contributed by atoms with Crippen molar-refractivity contribution in [2.75, 3.05) is 26.3 Å². The maximum atomic E-state index is 14.2. The first-order valence-electron chi connectivity index (χ1n) is 13.4. The second kappa shape index (κ2) is 12.2. The van der Waals surface area contributed by atoms with Crippen LogP contribution in [0.2, 0.25) is 0 Å². The van der Waals surface area contributed by atoms with E-state index in [-0.39, 0.29) is 29.6 Å². The van der Waals surface area contributed by atoms with Crippen LogP contribution in [0.5, 0.6) is 0 Å². The van der Waals surface area contributed by atoms with Crippen LogP contribution in [0.4, 0.5) is 0 Å². The molecule has 3 rings (SSSR count). The van der Waals surface area contributed by atoms with Gasteiger partial charge >= 0.3 is 5.97 Å². The van der Waals surface area contributed by atoms with Gasteiger partial charge in [-0.25, -0.2) is 0 Å². The van der Waals surface area contributed by atoms with Crippen molar-refractivity contribution in [1.82, 2.24) is 9.80 Å². The Hall–Kier alpha value is -1.80. The first kappa shape index (κ1) is 28.8. The molecular weight excluding hydrogens is 476 g/mol. The van der Waals surface area contributed by atoms with Crippen molar-refractivity contribution in [3.8, 4) is 0 Å². The first-order valence-corrected chi connectivity index (χ1v) is 14.3. The maximum Gasteiger partial charge on any atom is 0.310 e. The minimum Gasteiger partial charge on any atom is -0.465 e. The molecule has 1 N–H and O–H groups in total. The number of likely N-dealkylation sites (tertiary alicyclic amines) is 1. The Balaban J connectivity index is 1.89. The Morgan fingerprint density at radius 3 is 2.58 bits per heavy atom. The van der Waals surface area contributed by atoms with E-state index < -0.39 is 28.2 Å². The van der Waals surface area contributed by atoms with Gasteiger partial charge in [-0.15, -0.1) is 24.9 Å². The van der Waals surface area contributed by atoms with Crippen molar-refractivity contribution in [2.45, 2.75) is 93.7 Å². The van der Waals surface area contributed by atoms with Crippen LogP contribution in [0.1, 0.15) is 72.1 Å². The zero-order valence-electron chi connectivity index (χ0n) is 22.2. The van der Waals surface area contributed by atoms with Crippen molar-refractivity contribution in [1.29, 1.82) is 0 Å². The summed E-state index contributed by atoms with van der Waals surface area (Å²) in [5, 5.41) is 9.20. The highest BCUT2D eigenvalue weighted by molar-refractivity contribution is 8.02. The zero-order valence-corrected chi connectivity index (χ0v) is 23.1. The Kier molecular flexibility index (Phi) is 9.72. The van der Waals surface area contributed by atoms with Gasteiger partial charge in [-0.05, 0) is 72.1 Å². The largest absolute Gasteiger partial charge is 0.465 e. The smallest absolute Gasteiger partial charge is 0.310 e. The molecule has 8 heteroatoms. The van der Waals surface area contributed by atoms with E-state index in [2.05, 4.69) is 13.2 Å². The van der Waals surface area contributed by atoms with Crippen LogP contribution < -0.4 is 0 Å². The summed E-state index contributed by atoms with van der Waals surface area (Å²) in [4.78, 5) is 45.0. The van der Waals surface area contributed by atoms with Crippen LogP contribution in [-0.2, 0) is 19.1 Å². The third kappa shape index (κ3) is 5.54. The second-order valence-electron chi connectivity index (χ2n) is 11.2. The number of esters is 1. The number of hydrogen-bond donors (Lipinski definition) is 1. The van der Waals surface area contributed by atoms with E-state index in [0.29, 0.717) is 32.5 Å². The fraction of sp³-hybridized carbons (Fsp3) is 0.750. The summed E-state index contributed by atoms with van der Waals surface area (Å²) in [6, 6.07) is -0.608. The van der Waals surface area contributed by atoms with Crippen LogP contribution in [0.25, 0.3) is 0 Å². The number of aliphatic hydroxyl groups is 1.